The van der Waals surface area contributed by atoms with Crippen LogP contribution in [0.15, 0.2) is 34.9 Å². The highest BCUT2D eigenvalue weighted by Gasteiger charge is 2.11. The van der Waals surface area contributed by atoms with Crippen molar-refractivity contribution in [1.82, 2.24) is 15.2 Å². The van der Waals surface area contributed by atoms with E-state index in [1.54, 1.807) is 25.4 Å². The Labute approximate surface area is 116 Å². The first-order chi connectivity index (χ1) is 9.19. The fourth-order valence-corrected chi connectivity index (χ4v) is 2.22. The van der Waals surface area contributed by atoms with E-state index in [0.717, 1.165) is 11.1 Å². The van der Waals surface area contributed by atoms with E-state index in [9.17, 15) is 4.39 Å². The van der Waals surface area contributed by atoms with Gasteiger partial charge in [0.15, 0.2) is 0 Å². The predicted molar refractivity (Wildman–Crippen MR) is 73.5 cm³/mol. The first-order valence-corrected chi connectivity index (χ1v) is 6.32. The van der Waals surface area contributed by atoms with Crippen molar-refractivity contribution >= 4 is 26.8 Å². The van der Waals surface area contributed by atoms with Gasteiger partial charge in [0.2, 0.25) is 5.88 Å². The second-order valence-electron chi connectivity index (χ2n) is 3.97. The molecule has 4 nitrogen and oxygen atoms in total. The maximum absolute atomic E-state index is 13.6. The molecule has 0 bridgehead atoms. The van der Waals surface area contributed by atoms with Gasteiger partial charge in [-0.15, -0.1) is 0 Å². The summed E-state index contributed by atoms with van der Waals surface area (Å²) in [4.78, 5) is 4.12. The van der Waals surface area contributed by atoms with Crippen LogP contribution in [0.4, 0.5) is 4.39 Å². The first-order valence-electron chi connectivity index (χ1n) is 5.52. The SMILES string of the molecule is COc1ccc(-c2n[nH]c3cc(Br)c(F)cc23)cn1. The van der Waals surface area contributed by atoms with Crippen LogP contribution in [0.1, 0.15) is 0 Å². The minimum absolute atomic E-state index is 0.323. The molecule has 3 rings (SSSR count). The lowest BCUT2D eigenvalue weighted by Gasteiger charge is -2.01. The second-order valence-corrected chi connectivity index (χ2v) is 4.83. The molecule has 0 radical (unpaired) electrons. The predicted octanol–water partition coefficient (Wildman–Crippen LogP) is 3.54. The van der Waals surface area contributed by atoms with Crippen molar-refractivity contribution < 1.29 is 9.13 Å². The maximum Gasteiger partial charge on any atom is 0.212 e. The molecule has 0 saturated heterocycles. The molecule has 96 valence electrons. The van der Waals surface area contributed by atoms with E-state index < -0.39 is 0 Å². The quantitative estimate of drug-likeness (QED) is 0.785. The molecule has 2 heterocycles. The van der Waals surface area contributed by atoms with E-state index in [2.05, 4.69) is 31.1 Å². The van der Waals surface area contributed by atoms with E-state index in [4.69, 9.17) is 4.74 Å². The van der Waals surface area contributed by atoms with E-state index in [1.807, 2.05) is 6.07 Å². The van der Waals surface area contributed by atoms with Gasteiger partial charge in [-0.1, -0.05) is 0 Å². The van der Waals surface area contributed by atoms with Crippen LogP contribution in [0.25, 0.3) is 22.2 Å². The van der Waals surface area contributed by atoms with Crippen LogP contribution in [0.3, 0.4) is 0 Å². The van der Waals surface area contributed by atoms with E-state index in [0.29, 0.717) is 21.4 Å². The molecule has 0 fully saturated rings. The van der Waals surface area contributed by atoms with Crippen LogP contribution >= 0.6 is 15.9 Å². The lowest BCUT2D eigenvalue weighted by Crippen LogP contribution is -1.87. The van der Waals surface area contributed by atoms with Gasteiger partial charge in [-0.25, -0.2) is 9.37 Å². The Morgan fingerprint density at radius 2 is 2.16 bits per heavy atom. The Bertz CT molecular complexity index is 739. The number of aromatic amines is 1. The van der Waals surface area contributed by atoms with Crippen LogP contribution < -0.4 is 4.74 Å². The number of methoxy groups -OCH3 is 1. The highest BCUT2D eigenvalue weighted by atomic mass is 79.9. The van der Waals surface area contributed by atoms with Gasteiger partial charge in [-0.2, -0.15) is 5.10 Å². The zero-order valence-electron chi connectivity index (χ0n) is 9.95. The topological polar surface area (TPSA) is 50.8 Å². The molecule has 0 saturated carbocycles. The van der Waals surface area contributed by atoms with Gasteiger partial charge in [0, 0.05) is 23.2 Å². The standard InChI is InChI=1S/C13H9BrFN3O/c1-19-12-3-2-7(6-16-12)13-8-4-10(15)9(14)5-11(8)17-18-13/h2-6H,1H3,(H,17,18). The van der Waals surface area contributed by atoms with Crippen molar-refractivity contribution in [2.24, 2.45) is 0 Å². The summed E-state index contributed by atoms with van der Waals surface area (Å²) in [5, 5.41) is 7.80. The number of fused-ring (bicyclic) bond motifs is 1. The fraction of sp³-hybridized carbons (Fsp3) is 0.0769. The molecule has 0 spiro atoms. The van der Waals surface area contributed by atoms with Crippen LogP contribution in [-0.4, -0.2) is 22.3 Å². The molecule has 1 N–H and O–H groups in total. The molecule has 0 aliphatic carbocycles. The summed E-state index contributed by atoms with van der Waals surface area (Å²) in [5.41, 5.74) is 2.23. The summed E-state index contributed by atoms with van der Waals surface area (Å²) in [7, 11) is 1.55. The van der Waals surface area contributed by atoms with Gasteiger partial charge in [0.1, 0.15) is 11.5 Å². The molecule has 0 aliphatic rings. The van der Waals surface area contributed by atoms with Gasteiger partial charge in [0.25, 0.3) is 0 Å². The zero-order chi connectivity index (χ0) is 13.4. The number of nitrogens with one attached hydrogen (secondary N) is 1. The molecule has 19 heavy (non-hydrogen) atoms. The number of H-pyrrole nitrogens is 1. The Kier molecular flexibility index (Phi) is 2.94. The number of rotatable bonds is 2. The summed E-state index contributed by atoms with van der Waals surface area (Å²) in [5.74, 6) is 0.203. The molecule has 0 unspecified atom stereocenters. The highest BCUT2D eigenvalue weighted by molar-refractivity contribution is 9.10. The summed E-state index contributed by atoms with van der Waals surface area (Å²) >= 11 is 3.15. The van der Waals surface area contributed by atoms with Crippen LogP contribution in [0, 0.1) is 5.82 Å². The Morgan fingerprint density at radius 1 is 1.32 bits per heavy atom. The van der Waals surface area contributed by atoms with Crippen molar-refractivity contribution in [2.45, 2.75) is 0 Å². The smallest absolute Gasteiger partial charge is 0.212 e. The van der Waals surface area contributed by atoms with Gasteiger partial charge in [0.05, 0.1) is 17.1 Å². The van der Waals surface area contributed by atoms with Crippen molar-refractivity contribution in [3.63, 3.8) is 0 Å². The van der Waals surface area contributed by atoms with E-state index in [1.165, 1.54) is 6.07 Å². The molecular formula is C13H9BrFN3O. The lowest BCUT2D eigenvalue weighted by molar-refractivity contribution is 0.398. The summed E-state index contributed by atoms with van der Waals surface area (Å²) in [6.45, 7) is 0. The average molecular weight is 322 g/mol. The second kappa shape index (κ2) is 4.62. The van der Waals surface area contributed by atoms with Crippen molar-refractivity contribution in [3.8, 4) is 17.1 Å². The third kappa shape index (κ3) is 2.08. The molecule has 1 aromatic carbocycles. The Hall–Kier alpha value is -1.95. The number of benzene rings is 1. The zero-order valence-corrected chi connectivity index (χ0v) is 11.5. The van der Waals surface area contributed by atoms with E-state index in [-0.39, 0.29) is 5.82 Å². The molecule has 6 heteroatoms. The monoisotopic (exact) mass is 321 g/mol. The molecule has 3 aromatic rings. The summed E-state index contributed by atoms with van der Waals surface area (Å²) in [6, 6.07) is 6.69. The van der Waals surface area contributed by atoms with Crippen molar-refractivity contribution in [1.29, 1.82) is 0 Å². The molecule has 0 atom stereocenters. The third-order valence-electron chi connectivity index (χ3n) is 2.82. The molecule has 0 aliphatic heterocycles. The van der Waals surface area contributed by atoms with Gasteiger partial charge in [-0.05, 0) is 34.1 Å². The van der Waals surface area contributed by atoms with Crippen LogP contribution in [-0.2, 0) is 0 Å². The minimum atomic E-state index is -0.323. The van der Waals surface area contributed by atoms with Gasteiger partial charge in [-0.3, -0.25) is 5.10 Å². The lowest BCUT2D eigenvalue weighted by atomic mass is 10.1. The number of nitrogens with zero attached hydrogens (tertiary/aromatic N) is 2. The van der Waals surface area contributed by atoms with Gasteiger partial charge < -0.3 is 4.74 Å². The van der Waals surface area contributed by atoms with Gasteiger partial charge >= 0.3 is 0 Å². The highest BCUT2D eigenvalue weighted by Crippen LogP contribution is 2.30. The number of halogens is 2. The third-order valence-corrected chi connectivity index (χ3v) is 3.43. The summed E-state index contributed by atoms with van der Waals surface area (Å²) < 4.78 is 19.0. The normalized spacial score (nSPS) is 10.9. The maximum atomic E-state index is 13.6. The summed E-state index contributed by atoms with van der Waals surface area (Å²) in [6.07, 6.45) is 1.65. The van der Waals surface area contributed by atoms with Crippen molar-refractivity contribution in [2.75, 3.05) is 7.11 Å². The average Bonchev–Trinajstić information content (AvgIpc) is 2.82. The van der Waals surface area contributed by atoms with Crippen LogP contribution in [0.2, 0.25) is 0 Å². The number of pyridine rings is 1. The largest absolute Gasteiger partial charge is 0.481 e. The Morgan fingerprint density at radius 3 is 2.84 bits per heavy atom. The van der Waals surface area contributed by atoms with E-state index >= 15 is 0 Å². The number of aromatic nitrogens is 3. The van der Waals surface area contributed by atoms with Crippen molar-refractivity contribution in [3.05, 3.63) is 40.8 Å². The number of ether oxygens (including phenoxy) is 1. The molecule has 0 amide bonds. The molecular weight excluding hydrogens is 313 g/mol. The molecule has 2 aromatic heterocycles. The fourth-order valence-electron chi connectivity index (χ4n) is 1.87. The number of hydrogen-bond donors (Lipinski definition) is 1. The van der Waals surface area contributed by atoms with Crippen LogP contribution in [0.5, 0.6) is 5.88 Å². The minimum Gasteiger partial charge on any atom is -0.481 e. The Balaban J connectivity index is 2.16. The number of hydrogen-bond acceptors (Lipinski definition) is 3. The first kappa shape index (κ1) is 12.1.